The number of amides is 2. The molecule has 2 aromatic carbocycles. The van der Waals surface area contributed by atoms with Crippen LogP contribution >= 0.6 is 27.0 Å². The number of carbonyl (C=O) groups is 3. The van der Waals surface area contributed by atoms with Crippen LogP contribution < -0.4 is 10.6 Å². The average molecular weight is 601 g/mol. The van der Waals surface area contributed by atoms with Crippen LogP contribution in [0.1, 0.15) is 80.3 Å². The molecule has 0 aliphatic heterocycles. The van der Waals surface area contributed by atoms with Crippen LogP contribution in [0.2, 0.25) is 0 Å². The monoisotopic (exact) mass is 600 g/mol. The van der Waals surface area contributed by atoms with Gasteiger partial charge >= 0.3 is 18.2 Å². The highest BCUT2D eigenvalue weighted by atomic mass is 32.1. The number of nitrogens with one attached hydrogen (secondary N) is 2. The Kier molecular flexibility index (Phi) is 16.9. The van der Waals surface area contributed by atoms with Crippen LogP contribution in [-0.4, -0.2) is 48.1 Å². The van der Waals surface area contributed by atoms with Gasteiger partial charge in [-0.25, -0.2) is 9.59 Å². The van der Waals surface area contributed by atoms with Gasteiger partial charge in [-0.05, 0) is 59.1 Å². The van der Waals surface area contributed by atoms with Crippen LogP contribution in [0, 0.1) is 0 Å². The Bertz CT molecular complexity index is 1080. The van der Waals surface area contributed by atoms with E-state index in [0.29, 0.717) is 5.56 Å². The van der Waals surface area contributed by atoms with Crippen LogP contribution in [0.15, 0.2) is 60.7 Å². The van der Waals surface area contributed by atoms with E-state index in [4.69, 9.17) is 12.2 Å². The molecule has 9 nitrogen and oxygen atoms in total. The van der Waals surface area contributed by atoms with Gasteiger partial charge in [-0.15, -0.1) is 0 Å². The highest BCUT2D eigenvalue weighted by Crippen LogP contribution is 2.19. The van der Waals surface area contributed by atoms with Crippen LogP contribution in [0.25, 0.3) is 0 Å². The first-order chi connectivity index (χ1) is 18.4. The molecule has 0 heterocycles. The largest absolute Gasteiger partial charge is 0.469 e. The minimum absolute atomic E-state index is 0. The van der Waals surface area contributed by atoms with Crippen molar-refractivity contribution in [3.63, 3.8) is 0 Å². The van der Waals surface area contributed by atoms with Crippen LogP contribution in [0.4, 0.5) is 9.59 Å². The minimum Gasteiger partial charge on any atom is -0.469 e. The number of carbonyl (C=O) groups excluding carboxylic acids is 3. The molecule has 2 atom stereocenters. The second-order valence-corrected chi connectivity index (χ2v) is 10.4. The first kappa shape index (κ1) is 35.1. The summed E-state index contributed by atoms with van der Waals surface area (Å²) in [7, 11) is 1.32. The molecule has 3 N–H and O–H groups in total. The Labute approximate surface area is 255 Å². The number of hydrogen-bond donors (Lipinski definition) is 3. The molecule has 0 aromatic heterocycles. The lowest BCUT2D eigenvalue weighted by molar-refractivity contribution is -0.141. The van der Waals surface area contributed by atoms with Gasteiger partial charge < -0.3 is 30.0 Å². The van der Waals surface area contributed by atoms with E-state index in [1.165, 1.54) is 7.11 Å². The lowest BCUT2D eigenvalue weighted by Gasteiger charge is -2.23. The van der Waals surface area contributed by atoms with E-state index in [9.17, 15) is 19.5 Å². The lowest BCUT2D eigenvalue weighted by Crippen LogP contribution is -2.35. The van der Waals surface area contributed by atoms with Gasteiger partial charge in [0.15, 0.2) is 0 Å². The summed E-state index contributed by atoms with van der Waals surface area (Å²) < 4.78 is 29.5. The quantitative estimate of drug-likeness (QED) is 0.263. The summed E-state index contributed by atoms with van der Waals surface area (Å²) in [6, 6.07) is 17.0. The first-order valence-corrected chi connectivity index (χ1v) is 12.3. The summed E-state index contributed by atoms with van der Waals surface area (Å²) in [6.45, 7) is 8.20. The summed E-state index contributed by atoms with van der Waals surface area (Å²) in [5.41, 5.74) is 0.306. The minimum atomic E-state index is -2.38. The number of benzene rings is 2. The third-order valence-electron chi connectivity index (χ3n) is 4.68. The molecule has 0 fully saturated rings. The van der Waals surface area contributed by atoms with Crippen LogP contribution in [0.5, 0.6) is 0 Å². The van der Waals surface area contributed by atoms with E-state index in [1.54, 1.807) is 65.8 Å². The maximum Gasteiger partial charge on any atom is 0.408 e. The number of alkyl carbamates (subject to hydrolysis) is 2. The number of rotatable bonds is 8. The van der Waals surface area contributed by atoms with Gasteiger partial charge in [0.05, 0.1) is 28.4 Å². The summed E-state index contributed by atoms with van der Waals surface area (Å²) in [6.07, 6.45) is -1.40. The molecule has 0 radical (unpaired) electrons. The van der Waals surface area contributed by atoms with E-state index in [2.05, 4.69) is 15.4 Å². The molecule has 40 heavy (non-hydrogen) atoms. The molecule has 0 saturated heterocycles. The van der Waals surface area contributed by atoms with Gasteiger partial charge in [-0.3, -0.25) is 4.79 Å². The first-order valence-electron chi connectivity index (χ1n) is 13.3. The van der Waals surface area contributed by atoms with Gasteiger partial charge in [-0.1, -0.05) is 60.7 Å². The molecule has 2 rings (SSSR count). The Balaban J connectivity index is 0. The van der Waals surface area contributed by atoms with Crippen molar-refractivity contribution in [1.82, 2.24) is 10.6 Å². The van der Waals surface area contributed by atoms with Crippen molar-refractivity contribution in [3.05, 3.63) is 71.8 Å². The molecule has 0 aliphatic rings. The number of esters is 1. The fourth-order valence-corrected chi connectivity index (χ4v) is 3.12. The molecule has 11 heteroatoms. The van der Waals surface area contributed by atoms with E-state index in [1.807, 2.05) is 36.4 Å². The standard InChI is InChI=1S/C15H21NO4.C14H21NO3.2H2S/c1-15(2,3)20-14(18)16-12(10-13(17)19-4)11-8-6-5-7-9-11;1-14(2,3)18-13(17)15-12(9-10-16)11-7-5-4-6-8-11;;/h5-9,12H,10H2,1-4H3,(H,16,18);4-8,12,16H,9-10H2,1-3H3,(H,15,17);2*1H2/t2*12-;;/m00../s1/i;10D2;;. The summed E-state index contributed by atoms with van der Waals surface area (Å²) in [4.78, 5) is 35.1. The van der Waals surface area contributed by atoms with Crippen LogP contribution in [0.3, 0.4) is 0 Å². The molecular weight excluding hydrogens is 552 g/mol. The van der Waals surface area contributed by atoms with E-state index in [0.717, 1.165) is 5.56 Å². The number of hydrogen-bond acceptors (Lipinski definition) is 7. The van der Waals surface area contributed by atoms with Crippen molar-refractivity contribution in [2.75, 3.05) is 13.7 Å². The molecule has 2 amide bonds. The Morgan fingerprint density at radius 2 is 1.15 bits per heavy atom. The normalized spacial score (nSPS) is 13.1. The van der Waals surface area contributed by atoms with Crippen molar-refractivity contribution >= 4 is 45.1 Å². The average Bonchev–Trinajstić information content (AvgIpc) is 2.81. The fourth-order valence-electron chi connectivity index (χ4n) is 3.12. The van der Waals surface area contributed by atoms with Crippen LogP contribution in [-0.2, 0) is 19.0 Å². The molecule has 0 aliphatic carbocycles. The Morgan fingerprint density at radius 3 is 1.50 bits per heavy atom. The lowest BCUT2D eigenvalue weighted by atomic mass is 10.0. The molecule has 226 valence electrons. The third-order valence-corrected chi connectivity index (χ3v) is 4.68. The van der Waals surface area contributed by atoms with Crippen molar-refractivity contribution in [2.45, 2.75) is 77.7 Å². The predicted molar refractivity (Wildman–Crippen MR) is 166 cm³/mol. The zero-order valence-corrected chi connectivity index (χ0v) is 26.2. The van der Waals surface area contributed by atoms with Crippen molar-refractivity contribution in [2.24, 2.45) is 0 Å². The Morgan fingerprint density at radius 1 is 0.775 bits per heavy atom. The maximum absolute atomic E-state index is 11.8. The van der Waals surface area contributed by atoms with Crippen molar-refractivity contribution in [3.8, 4) is 0 Å². The molecule has 0 saturated carbocycles. The molecule has 0 unspecified atom stereocenters. The van der Waals surface area contributed by atoms with E-state index < -0.39 is 48.0 Å². The smallest absolute Gasteiger partial charge is 0.408 e. The molecule has 0 spiro atoms. The van der Waals surface area contributed by atoms with Gasteiger partial charge in [0.25, 0.3) is 0 Å². The molecular formula is C29H46N2O7S2. The van der Waals surface area contributed by atoms with Gasteiger partial charge in [-0.2, -0.15) is 27.0 Å². The Hall–Kier alpha value is -2.89. The maximum atomic E-state index is 11.8. The third kappa shape index (κ3) is 17.6. The van der Waals surface area contributed by atoms with E-state index >= 15 is 0 Å². The second-order valence-electron chi connectivity index (χ2n) is 10.4. The zero-order chi connectivity index (χ0) is 30.6. The van der Waals surface area contributed by atoms with Crippen molar-refractivity contribution < 1.29 is 36.4 Å². The summed E-state index contributed by atoms with van der Waals surface area (Å²) >= 11 is 0. The zero-order valence-electron chi connectivity index (χ0n) is 26.2. The topological polar surface area (TPSA) is 123 Å². The SMILES string of the molecule is COC(=O)C[C@H](NC(=O)OC(C)(C)C)c1ccccc1.S.S.[2H]C([2H])(O)C[C@H](NC(=O)OC(C)(C)C)c1ccccc1. The van der Waals surface area contributed by atoms with Gasteiger partial charge in [0.1, 0.15) is 11.2 Å². The second kappa shape index (κ2) is 19.2. The van der Waals surface area contributed by atoms with Gasteiger partial charge in [0, 0.05) is 6.56 Å². The van der Waals surface area contributed by atoms with Gasteiger partial charge in [0.2, 0.25) is 0 Å². The number of methoxy groups -OCH3 is 1. The predicted octanol–water partition coefficient (Wildman–Crippen LogP) is 5.68. The summed E-state index contributed by atoms with van der Waals surface area (Å²) in [5, 5.41) is 14.6. The summed E-state index contributed by atoms with van der Waals surface area (Å²) in [5.74, 6) is -0.394. The number of ether oxygens (including phenoxy) is 3. The van der Waals surface area contributed by atoms with Crippen molar-refractivity contribution in [1.29, 1.82) is 0 Å². The number of aliphatic hydroxyl groups is 1. The fraction of sp³-hybridized carbons (Fsp3) is 0.483. The highest BCUT2D eigenvalue weighted by Gasteiger charge is 2.23. The molecule has 0 bridgehead atoms. The highest BCUT2D eigenvalue weighted by molar-refractivity contribution is 7.59. The van der Waals surface area contributed by atoms with E-state index in [-0.39, 0.29) is 39.8 Å². The molecule has 2 aromatic rings.